The van der Waals surface area contributed by atoms with Crippen molar-refractivity contribution in [2.45, 2.75) is 251 Å². The van der Waals surface area contributed by atoms with Crippen molar-refractivity contribution in [2.75, 3.05) is 0 Å². The second kappa shape index (κ2) is 31.5. The van der Waals surface area contributed by atoms with Gasteiger partial charge >= 0.3 is 0 Å². The Labute approximate surface area is 365 Å². The van der Waals surface area contributed by atoms with Crippen molar-refractivity contribution in [2.24, 2.45) is 73.4 Å². The number of hydrogen-bond donors (Lipinski definition) is 0. The highest BCUT2D eigenvalue weighted by molar-refractivity contribution is 5.89. The van der Waals surface area contributed by atoms with Crippen molar-refractivity contribution in [3.05, 3.63) is 0 Å². The van der Waals surface area contributed by atoms with Crippen molar-refractivity contribution >= 4 is 23.1 Å². The van der Waals surface area contributed by atoms with E-state index in [4.69, 9.17) is 0 Å². The molecule has 0 radical (unpaired) electrons. The van der Waals surface area contributed by atoms with Crippen LogP contribution in [0.15, 0.2) is 0 Å². The Morgan fingerprint density at radius 2 is 0.614 bits per heavy atom. The summed E-state index contributed by atoms with van der Waals surface area (Å²) in [6.07, 6.45) is 0. The van der Waals surface area contributed by atoms with Crippen LogP contribution < -0.4 is 0 Å². The van der Waals surface area contributed by atoms with Crippen molar-refractivity contribution in [1.82, 2.24) is 0 Å². The maximum atomic E-state index is 11.9. The van der Waals surface area contributed by atoms with Crippen molar-refractivity contribution in [3.63, 3.8) is 0 Å². The summed E-state index contributed by atoms with van der Waals surface area (Å²) in [5.41, 5.74) is 0.647. The van der Waals surface area contributed by atoms with Gasteiger partial charge < -0.3 is 0 Å². The number of carbonyl (C=O) groups is 4. The van der Waals surface area contributed by atoms with E-state index in [1.165, 1.54) is 0 Å². The first-order valence-electron chi connectivity index (χ1n) is 20.7. The zero-order valence-electron chi connectivity index (χ0n) is 42.6. The number of carbonyl (C=O) groups excluding carboxylic acids is 4. The van der Waals surface area contributed by atoms with Crippen LogP contribution in [-0.2, 0) is 19.2 Å². The van der Waals surface area contributed by atoms with Gasteiger partial charge in [-0.3, -0.25) is 19.2 Å². The summed E-state index contributed by atoms with van der Waals surface area (Å²) in [5.74, 6) is 4.01. The summed E-state index contributed by atoms with van der Waals surface area (Å²) in [6, 6.07) is 0. The van der Waals surface area contributed by atoms with Gasteiger partial charge in [0.1, 0.15) is 23.1 Å². The molecule has 0 saturated carbocycles. The maximum Gasteiger partial charge on any atom is 0.144 e. The molecule has 0 aliphatic carbocycles. The van der Waals surface area contributed by atoms with Crippen LogP contribution in [0.1, 0.15) is 251 Å². The topological polar surface area (TPSA) is 68.3 Å². The van der Waals surface area contributed by atoms with Crippen LogP contribution in [0.25, 0.3) is 0 Å². The summed E-state index contributed by atoms with van der Waals surface area (Å²) in [4.78, 5) is 44.1. The first-order valence-corrected chi connectivity index (χ1v) is 20.7. The van der Waals surface area contributed by atoms with Gasteiger partial charge in [-0.2, -0.15) is 0 Å². The van der Waals surface area contributed by atoms with Crippen molar-refractivity contribution in [3.8, 4) is 0 Å². The second-order valence-electron chi connectivity index (χ2n) is 23.1. The number of Topliss-reactive ketones (excluding diaryl/α,β-unsaturated/α-hetero) is 4. The molecule has 0 atom stereocenters. The molecular formula is C53H118O4. The molecule has 0 bridgehead atoms. The summed E-state index contributed by atoms with van der Waals surface area (Å²) >= 11 is 0. The van der Waals surface area contributed by atoms with Crippen LogP contribution in [-0.4, -0.2) is 23.1 Å². The Balaban J connectivity index is -0.0000000580. The molecule has 0 amide bonds. The molecule has 0 aliphatic heterocycles. The number of rotatable bonds is 7. The fourth-order valence-corrected chi connectivity index (χ4v) is 3.37. The minimum absolute atomic E-state index is 0. The van der Waals surface area contributed by atoms with Gasteiger partial charge in [-0.1, -0.05) is 237 Å². The Morgan fingerprint density at radius 1 is 0.368 bits per heavy atom. The molecule has 0 N–H and O–H groups in total. The lowest BCUT2D eigenvalue weighted by Crippen LogP contribution is -2.38. The first-order chi connectivity index (χ1) is 22.6. The van der Waals surface area contributed by atoms with E-state index in [1.807, 2.05) is 96.9 Å². The average molecular weight is 820 g/mol. The summed E-state index contributed by atoms with van der Waals surface area (Å²) in [7, 11) is 0. The van der Waals surface area contributed by atoms with E-state index in [0.29, 0.717) is 39.6 Å². The predicted molar refractivity (Wildman–Crippen MR) is 266 cm³/mol. The largest absolute Gasteiger partial charge is 0.300 e. The van der Waals surface area contributed by atoms with E-state index in [9.17, 15) is 19.2 Å². The number of hydrogen-bond acceptors (Lipinski definition) is 4. The van der Waals surface area contributed by atoms with Gasteiger partial charge in [0.2, 0.25) is 0 Å². The summed E-state index contributed by atoms with van der Waals surface area (Å²) in [6.45, 7) is 66.6. The molecule has 0 unspecified atom stereocenters. The molecular weight excluding hydrogens is 701 g/mol. The highest BCUT2D eigenvalue weighted by Gasteiger charge is 2.38. The second-order valence-corrected chi connectivity index (χ2v) is 23.1. The molecule has 4 nitrogen and oxygen atoms in total. The molecule has 0 rings (SSSR count). The molecule has 0 fully saturated rings. The molecule has 4 heteroatoms. The third-order valence-electron chi connectivity index (χ3n) is 12.2. The average Bonchev–Trinajstić information content (AvgIpc) is 2.91. The van der Waals surface area contributed by atoms with Gasteiger partial charge in [-0.25, -0.2) is 0 Å². The minimum atomic E-state index is -0.215. The predicted octanol–water partition coefficient (Wildman–Crippen LogP) is 18.0. The van der Waals surface area contributed by atoms with Gasteiger partial charge in [0.25, 0.3) is 0 Å². The molecule has 0 heterocycles. The first kappa shape index (κ1) is 79.8. The molecule has 0 spiro atoms. The highest BCUT2D eigenvalue weighted by Crippen LogP contribution is 2.43. The molecule has 0 aromatic carbocycles. The Morgan fingerprint density at radius 3 is 0.632 bits per heavy atom. The van der Waals surface area contributed by atoms with Gasteiger partial charge in [0, 0.05) is 33.5 Å². The van der Waals surface area contributed by atoms with Crippen LogP contribution in [0.4, 0.5) is 0 Å². The summed E-state index contributed by atoms with van der Waals surface area (Å²) < 4.78 is 0. The van der Waals surface area contributed by atoms with Gasteiger partial charge in [0.05, 0.1) is 0 Å². The minimum Gasteiger partial charge on any atom is -0.300 e. The molecule has 0 aliphatic rings. The summed E-state index contributed by atoms with van der Waals surface area (Å²) in [5, 5.41) is 0. The van der Waals surface area contributed by atoms with E-state index in [-0.39, 0.29) is 74.8 Å². The monoisotopic (exact) mass is 819 g/mol. The Bertz CT molecular complexity index is 1020. The SMILES string of the molecule is C.C.C.C.CC(=O)C(C)(C)C(C)C.CC(=O)C(C)C.CC(C)C(=O)C(C)(C)C.CC(C)C(C)(C)C.CC(C)C(C)(C)C(=O)C(C)(C)C.CC(C)C(C)(C)C(C)(C)C. The number of ketones is 4. The lowest BCUT2D eigenvalue weighted by atomic mass is 9.63. The lowest BCUT2D eigenvalue weighted by molar-refractivity contribution is -0.137. The third-order valence-corrected chi connectivity index (χ3v) is 12.2. The highest BCUT2D eigenvalue weighted by atomic mass is 16.1. The van der Waals surface area contributed by atoms with Gasteiger partial charge in [0.15, 0.2) is 0 Å². The maximum absolute atomic E-state index is 11.9. The van der Waals surface area contributed by atoms with E-state index in [1.54, 1.807) is 13.8 Å². The fraction of sp³-hybridized carbons (Fsp3) is 0.925. The van der Waals surface area contributed by atoms with Crippen LogP contribution in [0.5, 0.6) is 0 Å². The smallest absolute Gasteiger partial charge is 0.144 e. The van der Waals surface area contributed by atoms with Crippen LogP contribution in [0, 0.1) is 73.4 Å². The van der Waals surface area contributed by atoms with E-state index in [0.717, 1.165) is 11.8 Å². The van der Waals surface area contributed by atoms with Crippen LogP contribution >= 0.6 is 0 Å². The van der Waals surface area contributed by atoms with Gasteiger partial charge in [-0.05, 0) is 53.8 Å². The van der Waals surface area contributed by atoms with Crippen LogP contribution in [0.2, 0.25) is 0 Å². The van der Waals surface area contributed by atoms with Crippen molar-refractivity contribution in [1.29, 1.82) is 0 Å². The lowest BCUT2D eigenvalue weighted by Gasteiger charge is -2.42. The van der Waals surface area contributed by atoms with Crippen LogP contribution in [0.3, 0.4) is 0 Å². The quantitative estimate of drug-likeness (QED) is 0.257. The van der Waals surface area contributed by atoms with E-state index in [2.05, 4.69) is 111 Å². The third kappa shape index (κ3) is 37.4. The molecule has 354 valence electrons. The van der Waals surface area contributed by atoms with E-state index < -0.39 is 0 Å². The standard InChI is InChI=1S/C11H22O.C10H22.2C8H16O.C7H16.C5H10O.4CH4/c1-8(2)11(6,7)9(12)10(3,4)5;1-8(2)10(6,7)9(3,4)5;1-6(2)7(9)8(3,4)5;1-6(2)8(4,5)7(3)9;1-6(2)7(3,4)5;1-4(2)5(3)6;;;;/h8H,1-7H3;8H,1-7H3;2*6H,1-5H3;6H,1-5H3;4H,1-3H3;4*1H4. The molecule has 0 saturated heterocycles. The Hall–Kier alpha value is -1.32. The Kier molecular flexibility index (Phi) is 44.1. The normalized spacial score (nSPS) is 11.8. The molecule has 0 aromatic rings. The van der Waals surface area contributed by atoms with Crippen molar-refractivity contribution < 1.29 is 19.2 Å². The van der Waals surface area contributed by atoms with Gasteiger partial charge in [-0.15, -0.1) is 0 Å². The van der Waals surface area contributed by atoms with E-state index >= 15 is 0 Å². The molecule has 57 heavy (non-hydrogen) atoms. The zero-order chi connectivity index (χ0) is 45.3. The molecule has 0 aromatic heterocycles. The zero-order valence-corrected chi connectivity index (χ0v) is 42.6. The fourth-order valence-electron chi connectivity index (χ4n) is 3.37.